The summed E-state index contributed by atoms with van der Waals surface area (Å²) in [7, 11) is -3.92. The van der Waals surface area contributed by atoms with E-state index in [0.29, 0.717) is 22.5 Å². The van der Waals surface area contributed by atoms with Crippen LogP contribution < -0.4 is 10.1 Å². The number of thiophene rings is 1. The number of aryl methyl sites for hydroxylation is 1. The predicted octanol–water partition coefficient (Wildman–Crippen LogP) is 4.71. The van der Waals surface area contributed by atoms with Crippen LogP contribution in [0, 0.1) is 12.7 Å². The van der Waals surface area contributed by atoms with Crippen LogP contribution in [0.15, 0.2) is 63.9 Å². The number of nitrogens with one attached hydrogen (secondary N) is 2. The number of anilines is 1. The van der Waals surface area contributed by atoms with E-state index in [0.717, 1.165) is 41.1 Å². The van der Waals surface area contributed by atoms with E-state index in [9.17, 15) is 17.6 Å². The van der Waals surface area contributed by atoms with Gasteiger partial charge in [-0.25, -0.2) is 4.39 Å². The Balaban J connectivity index is 1.75. The molecular formula is C22H22FN3O3S2. The molecule has 162 valence electrons. The van der Waals surface area contributed by atoms with Gasteiger partial charge in [0.1, 0.15) is 5.82 Å². The van der Waals surface area contributed by atoms with E-state index in [-0.39, 0.29) is 10.8 Å². The minimum absolute atomic E-state index is 0.0933. The number of sulfonamides is 1. The van der Waals surface area contributed by atoms with Crippen molar-refractivity contribution in [1.82, 2.24) is 4.83 Å². The quantitative estimate of drug-likeness (QED) is 0.396. The molecule has 0 aliphatic carbocycles. The number of hydrogen-bond donors (Lipinski definition) is 2. The lowest BCUT2D eigenvalue weighted by molar-refractivity contribution is 0.102. The van der Waals surface area contributed by atoms with E-state index in [4.69, 9.17) is 0 Å². The smallest absolute Gasteiger partial charge is 0.276 e. The van der Waals surface area contributed by atoms with E-state index in [1.807, 2.05) is 19.2 Å². The first-order chi connectivity index (χ1) is 14.7. The fourth-order valence-electron chi connectivity index (χ4n) is 2.99. The first kappa shape index (κ1) is 22.6. The van der Waals surface area contributed by atoms with Gasteiger partial charge in [-0.05, 0) is 67.8 Å². The van der Waals surface area contributed by atoms with Crippen LogP contribution >= 0.6 is 11.3 Å². The first-order valence-corrected chi connectivity index (χ1v) is 11.9. The number of nitrogens with zero attached hydrogens (tertiary/aromatic N) is 1. The molecule has 9 heteroatoms. The zero-order valence-corrected chi connectivity index (χ0v) is 18.9. The van der Waals surface area contributed by atoms with Crippen molar-refractivity contribution in [3.05, 3.63) is 81.3 Å². The van der Waals surface area contributed by atoms with Crippen LogP contribution in [0.25, 0.3) is 0 Å². The Bertz CT molecular complexity index is 1230. The summed E-state index contributed by atoms with van der Waals surface area (Å²) in [6.45, 7) is 5.65. The Morgan fingerprint density at radius 1 is 1.16 bits per heavy atom. The van der Waals surface area contributed by atoms with Gasteiger partial charge in [-0.1, -0.05) is 19.1 Å². The zero-order chi connectivity index (χ0) is 22.6. The molecule has 1 aromatic heterocycles. The molecule has 1 heterocycles. The molecule has 31 heavy (non-hydrogen) atoms. The normalized spacial score (nSPS) is 11.9. The van der Waals surface area contributed by atoms with Crippen LogP contribution in [0.5, 0.6) is 0 Å². The Morgan fingerprint density at radius 3 is 2.55 bits per heavy atom. The molecule has 0 aliphatic heterocycles. The van der Waals surface area contributed by atoms with Crippen molar-refractivity contribution < 1.29 is 17.6 Å². The molecule has 0 spiro atoms. The zero-order valence-electron chi connectivity index (χ0n) is 17.3. The summed E-state index contributed by atoms with van der Waals surface area (Å²) < 4.78 is 37.6. The molecule has 2 N–H and O–H groups in total. The highest BCUT2D eigenvalue weighted by atomic mass is 32.2. The summed E-state index contributed by atoms with van der Waals surface area (Å²) in [5.74, 6) is -0.717. The lowest BCUT2D eigenvalue weighted by Crippen LogP contribution is -2.20. The standard InChI is InChI=1S/C22H22FN3O3S2/c1-4-20-15(3)30-13-21(20)22(27)24-18-7-5-6-16(12-18)14(2)25-26-31(28,29)19-10-8-17(23)9-11-19/h5-13,26H,4H2,1-3H3,(H,24,27)/b25-14-. The molecule has 0 atom stereocenters. The van der Waals surface area contributed by atoms with Crippen LogP contribution in [0.2, 0.25) is 0 Å². The Kier molecular flexibility index (Phi) is 6.87. The minimum Gasteiger partial charge on any atom is -0.322 e. The van der Waals surface area contributed by atoms with Gasteiger partial charge in [-0.15, -0.1) is 11.3 Å². The van der Waals surface area contributed by atoms with E-state index in [1.54, 1.807) is 42.5 Å². The molecule has 0 fully saturated rings. The minimum atomic E-state index is -3.92. The second kappa shape index (κ2) is 9.40. The van der Waals surface area contributed by atoms with Crippen LogP contribution in [0.3, 0.4) is 0 Å². The molecule has 2 aromatic carbocycles. The summed E-state index contributed by atoms with van der Waals surface area (Å²) in [5.41, 5.74) is 3.31. The molecule has 0 saturated heterocycles. The van der Waals surface area contributed by atoms with Crippen molar-refractivity contribution in [3.8, 4) is 0 Å². The van der Waals surface area contributed by atoms with E-state index in [1.165, 1.54) is 0 Å². The average molecular weight is 460 g/mol. The summed E-state index contributed by atoms with van der Waals surface area (Å²) in [4.78, 5) is 15.9. The van der Waals surface area contributed by atoms with Gasteiger partial charge >= 0.3 is 0 Å². The number of halogens is 1. The van der Waals surface area contributed by atoms with Crippen LogP contribution in [-0.2, 0) is 16.4 Å². The van der Waals surface area contributed by atoms with Crippen LogP contribution in [0.4, 0.5) is 10.1 Å². The highest BCUT2D eigenvalue weighted by molar-refractivity contribution is 7.89. The molecule has 3 aromatic rings. The molecule has 0 saturated carbocycles. The largest absolute Gasteiger partial charge is 0.322 e. The number of hydrazone groups is 1. The Morgan fingerprint density at radius 2 is 1.87 bits per heavy atom. The molecule has 0 radical (unpaired) electrons. The molecular weight excluding hydrogens is 437 g/mol. The number of amides is 1. The maximum atomic E-state index is 13.0. The van der Waals surface area contributed by atoms with Crippen molar-refractivity contribution in [2.75, 3.05) is 5.32 Å². The van der Waals surface area contributed by atoms with Gasteiger partial charge in [0.15, 0.2) is 0 Å². The molecule has 6 nitrogen and oxygen atoms in total. The molecule has 0 unspecified atom stereocenters. The average Bonchev–Trinajstić information content (AvgIpc) is 3.13. The molecule has 3 rings (SSSR count). The number of carbonyl (C=O) groups is 1. The summed E-state index contributed by atoms with van der Waals surface area (Å²) in [6, 6.07) is 11.4. The fraction of sp³-hybridized carbons (Fsp3) is 0.182. The van der Waals surface area contributed by atoms with Gasteiger partial charge in [0.05, 0.1) is 16.2 Å². The van der Waals surface area contributed by atoms with E-state index in [2.05, 4.69) is 15.2 Å². The summed E-state index contributed by atoms with van der Waals surface area (Å²) in [5, 5.41) is 8.68. The van der Waals surface area contributed by atoms with Crippen molar-refractivity contribution in [2.24, 2.45) is 5.10 Å². The number of carbonyl (C=O) groups excluding carboxylic acids is 1. The lowest BCUT2D eigenvalue weighted by atomic mass is 10.1. The number of benzene rings is 2. The lowest BCUT2D eigenvalue weighted by Gasteiger charge is -2.09. The number of rotatable bonds is 7. The van der Waals surface area contributed by atoms with Gasteiger partial charge < -0.3 is 5.32 Å². The van der Waals surface area contributed by atoms with E-state index < -0.39 is 15.8 Å². The SMILES string of the molecule is CCc1c(C(=O)Nc2cccc(/C(C)=N\NS(=O)(=O)c3ccc(F)cc3)c2)csc1C. The van der Waals surface area contributed by atoms with Crippen molar-refractivity contribution in [1.29, 1.82) is 0 Å². The number of hydrogen-bond acceptors (Lipinski definition) is 5. The highest BCUT2D eigenvalue weighted by Crippen LogP contribution is 2.23. The molecule has 0 aliphatic rings. The fourth-order valence-corrected chi connectivity index (χ4v) is 4.79. The van der Waals surface area contributed by atoms with Gasteiger partial charge in [0.25, 0.3) is 15.9 Å². The van der Waals surface area contributed by atoms with E-state index >= 15 is 0 Å². The third-order valence-corrected chi connectivity index (χ3v) is 6.88. The third kappa shape index (κ3) is 5.36. The highest BCUT2D eigenvalue weighted by Gasteiger charge is 2.15. The first-order valence-electron chi connectivity index (χ1n) is 9.51. The Hall–Kier alpha value is -3.04. The Labute approximate surface area is 184 Å². The second-order valence-electron chi connectivity index (χ2n) is 6.82. The summed E-state index contributed by atoms with van der Waals surface area (Å²) in [6.07, 6.45) is 0.776. The topological polar surface area (TPSA) is 87.6 Å². The van der Waals surface area contributed by atoms with Crippen LogP contribution in [-0.4, -0.2) is 20.0 Å². The van der Waals surface area contributed by atoms with Crippen molar-refractivity contribution >= 4 is 38.7 Å². The second-order valence-corrected chi connectivity index (χ2v) is 9.56. The third-order valence-electron chi connectivity index (χ3n) is 4.70. The summed E-state index contributed by atoms with van der Waals surface area (Å²) >= 11 is 1.54. The van der Waals surface area contributed by atoms with Gasteiger partial charge in [-0.2, -0.15) is 18.4 Å². The van der Waals surface area contributed by atoms with Crippen LogP contribution in [0.1, 0.15) is 40.2 Å². The van der Waals surface area contributed by atoms with Gasteiger partial charge in [0.2, 0.25) is 0 Å². The monoisotopic (exact) mass is 459 g/mol. The molecule has 0 bridgehead atoms. The van der Waals surface area contributed by atoms with Crippen molar-refractivity contribution in [3.63, 3.8) is 0 Å². The maximum Gasteiger partial charge on any atom is 0.276 e. The maximum absolute atomic E-state index is 13.0. The molecule has 1 amide bonds. The van der Waals surface area contributed by atoms with Gasteiger partial charge in [0, 0.05) is 15.9 Å². The van der Waals surface area contributed by atoms with Crippen molar-refractivity contribution in [2.45, 2.75) is 32.1 Å². The predicted molar refractivity (Wildman–Crippen MR) is 122 cm³/mol. The van der Waals surface area contributed by atoms with Gasteiger partial charge in [-0.3, -0.25) is 4.79 Å².